The highest BCUT2D eigenvalue weighted by molar-refractivity contribution is 5.03. The van der Waals surface area contributed by atoms with Crippen molar-refractivity contribution in [2.75, 3.05) is 20.1 Å². The molecule has 0 aliphatic heterocycles. The van der Waals surface area contributed by atoms with E-state index in [1.807, 2.05) is 14.0 Å². The van der Waals surface area contributed by atoms with E-state index in [0.29, 0.717) is 0 Å². The molecule has 0 aromatic heterocycles. The molecule has 0 amide bonds. The second-order valence-corrected chi connectivity index (χ2v) is 4.71. The minimum atomic E-state index is -0.360. The molecule has 0 radical (unpaired) electrons. The van der Waals surface area contributed by atoms with Gasteiger partial charge in [-0.05, 0) is 46.2 Å². The van der Waals surface area contributed by atoms with Crippen molar-refractivity contribution >= 4 is 0 Å². The van der Waals surface area contributed by atoms with Crippen LogP contribution < -0.4 is 5.32 Å². The van der Waals surface area contributed by atoms with Crippen LogP contribution in [0.15, 0.2) is 0 Å². The summed E-state index contributed by atoms with van der Waals surface area (Å²) in [4.78, 5) is 2.53. The van der Waals surface area contributed by atoms with Gasteiger partial charge in [0, 0.05) is 12.6 Å². The third kappa shape index (κ3) is 3.81. The van der Waals surface area contributed by atoms with Crippen LogP contribution in [-0.4, -0.2) is 36.6 Å². The van der Waals surface area contributed by atoms with Crippen LogP contribution in [0.4, 0.5) is 0 Å². The van der Waals surface area contributed by atoms with Gasteiger partial charge < -0.3 is 10.2 Å². The number of hydrogen-bond donors (Lipinski definition) is 1. The fourth-order valence-electron chi connectivity index (χ4n) is 1.81. The lowest BCUT2D eigenvalue weighted by molar-refractivity contribution is 0.239. The van der Waals surface area contributed by atoms with Crippen LogP contribution in [0.5, 0.6) is 0 Å². The number of nitrogens with one attached hydrogen (secondary N) is 1. The molecular weight excluding hydrogens is 186 g/mol. The summed E-state index contributed by atoms with van der Waals surface area (Å²) in [7, 11) is 1.87. The van der Waals surface area contributed by atoms with E-state index in [-0.39, 0.29) is 5.54 Å². The average Bonchev–Trinajstić information content (AvgIpc) is 3.07. The molecule has 0 spiro atoms. The van der Waals surface area contributed by atoms with Gasteiger partial charge in [-0.15, -0.1) is 0 Å². The van der Waals surface area contributed by atoms with Crippen molar-refractivity contribution in [2.45, 2.75) is 51.1 Å². The summed E-state index contributed by atoms with van der Waals surface area (Å²) in [5.74, 6) is 0. The molecule has 1 N–H and O–H groups in total. The molecule has 0 aromatic rings. The zero-order chi connectivity index (χ0) is 11.3. The second-order valence-electron chi connectivity index (χ2n) is 4.71. The minimum absolute atomic E-state index is 0.360. The summed E-state index contributed by atoms with van der Waals surface area (Å²) in [6.07, 6.45) is 4.82. The van der Waals surface area contributed by atoms with E-state index in [1.165, 1.54) is 25.8 Å². The van der Waals surface area contributed by atoms with Crippen LogP contribution in [-0.2, 0) is 0 Å². The first-order valence-electron chi connectivity index (χ1n) is 5.99. The SMILES string of the molecule is CCCN(CCC(C)(C#N)NC)C1CC1. The monoisotopic (exact) mass is 209 g/mol. The Kier molecular flexibility index (Phi) is 4.56. The van der Waals surface area contributed by atoms with E-state index in [2.05, 4.69) is 23.2 Å². The molecule has 86 valence electrons. The highest BCUT2D eigenvalue weighted by Gasteiger charge is 2.30. The zero-order valence-corrected chi connectivity index (χ0v) is 10.2. The molecule has 1 aliphatic rings. The Morgan fingerprint density at radius 1 is 1.47 bits per heavy atom. The minimum Gasteiger partial charge on any atom is -0.303 e. The summed E-state index contributed by atoms with van der Waals surface area (Å²) in [6.45, 7) is 6.42. The highest BCUT2D eigenvalue weighted by Crippen LogP contribution is 2.27. The van der Waals surface area contributed by atoms with Crippen LogP contribution >= 0.6 is 0 Å². The zero-order valence-electron chi connectivity index (χ0n) is 10.2. The molecule has 1 unspecified atom stereocenters. The lowest BCUT2D eigenvalue weighted by Crippen LogP contribution is -2.42. The Labute approximate surface area is 93.5 Å². The van der Waals surface area contributed by atoms with E-state index in [0.717, 1.165) is 19.0 Å². The molecule has 0 aromatic carbocycles. The number of nitrogens with zero attached hydrogens (tertiary/aromatic N) is 2. The maximum absolute atomic E-state index is 9.05. The lowest BCUT2D eigenvalue weighted by atomic mass is 10.00. The first-order chi connectivity index (χ1) is 7.15. The van der Waals surface area contributed by atoms with Gasteiger partial charge in [0.2, 0.25) is 0 Å². The predicted molar refractivity (Wildman–Crippen MR) is 62.6 cm³/mol. The Morgan fingerprint density at radius 3 is 2.53 bits per heavy atom. The van der Waals surface area contributed by atoms with Crippen LogP contribution in [0.25, 0.3) is 0 Å². The van der Waals surface area contributed by atoms with Gasteiger partial charge in [0.25, 0.3) is 0 Å². The topological polar surface area (TPSA) is 39.1 Å². The second kappa shape index (κ2) is 5.48. The fraction of sp³-hybridized carbons (Fsp3) is 0.917. The van der Waals surface area contributed by atoms with E-state index in [1.54, 1.807) is 0 Å². The Morgan fingerprint density at radius 2 is 2.13 bits per heavy atom. The van der Waals surface area contributed by atoms with Crippen molar-refractivity contribution in [3.8, 4) is 6.07 Å². The summed E-state index contributed by atoms with van der Waals surface area (Å²) < 4.78 is 0. The van der Waals surface area contributed by atoms with Crippen molar-refractivity contribution in [2.24, 2.45) is 0 Å². The molecule has 0 heterocycles. The third-order valence-electron chi connectivity index (χ3n) is 3.27. The van der Waals surface area contributed by atoms with Crippen molar-refractivity contribution < 1.29 is 0 Å². The first kappa shape index (κ1) is 12.5. The van der Waals surface area contributed by atoms with Crippen molar-refractivity contribution in [3.05, 3.63) is 0 Å². The Balaban J connectivity index is 2.35. The van der Waals surface area contributed by atoms with Gasteiger partial charge in [-0.25, -0.2) is 0 Å². The van der Waals surface area contributed by atoms with E-state index in [4.69, 9.17) is 5.26 Å². The van der Waals surface area contributed by atoms with Gasteiger partial charge in [-0.2, -0.15) is 5.26 Å². The number of nitriles is 1. The van der Waals surface area contributed by atoms with Crippen LogP contribution in [0.3, 0.4) is 0 Å². The highest BCUT2D eigenvalue weighted by atomic mass is 15.2. The largest absolute Gasteiger partial charge is 0.303 e. The molecule has 1 saturated carbocycles. The van der Waals surface area contributed by atoms with Gasteiger partial charge in [-0.3, -0.25) is 0 Å². The predicted octanol–water partition coefficient (Wildman–Crippen LogP) is 1.75. The maximum Gasteiger partial charge on any atom is 0.104 e. The number of hydrogen-bond acceptors (Lipinski definition) is 3. The standard InChI is InChI=1S/C12H23N3/c1-4-8-15(11-5-6-11)9-7-12(2,10-13)14-3/h11,14H,4-9H2,1-3H3. The quantitative estimate of drug-likeness (QED) is 0.694. The molecule has 1 fully saturated rings. The summed E-state index contributed by atoms with van der Waals surface area (Å²) in [6, 6.07) is 3.16. The van der Waals surface area contributed by atoms with E-state index >= 15 is 0 Å². The van der Waals surface area contributed by atoms with Gasteiger partial charge in [0.1, 0.15) is 5.54 Å². The molecule has 1 rings (SSSR count). The fourth-order valence-corrected chi connectivity index (χ4v) is 1.81. The van der Waals surface area contributed by atoms with Crippen molar-refractivity contribution in [1.29, 1.82) is 5.26 Å². The number of rotatable bonds is 7. The van der Waals surface area contributed by atoms with Crippen LogP contribution in [0.1, 0.15) is 39.5 Å². The van der Waals surface area contributed by atoms with E-state index in [9.17, 15) is 0 Å². The summed E-state index contributed by atoms with van der Waals surface area (Å²) in [5, 5.41) is 12.1. The Hall–Kier alpha value is -0.590. The first-order valence-corrected chi connectivity index (χ1v) is 5.99. The third-order valence-corrected chi connectivity index (χ3v) is 3.27. The van der Waals surface area contributed by atoms with Crippen LogP contribution in [0.2, 0.25) is 0 Å². The van der Waals surface area contributed by atoms with E-state index < -0.39 is 0 Å². The molecular formula is C12H23N3. The van der Waals surface area contributed by atoms with Gasteiger partial charge in [0.15, 0.2) is 0 Å². The molecule has 15 heavy (non-hydrogen) atoms. The molecule has 0 bridgehead atoms. The molecule has 0 saturated heterocycles. The lowest BCUT2D eigenvalue weighted by Gasteiger charge is -2.27. The summed E-state index contributed by atoms with van der Waals surface area (Å²) >= 11 is 0. The maximum atomic E-state index is 9.05. The molecule has 3 heteroatoms. The Bertz CT molecular complexity index is 230. The molecule has 1 atom stereocenters. The van der Waals surface area contributed by atoms with Gasteiger partial charge in [-0.1, -0.05) is 6.92 Å². The summed E-state index contributed by atoms with van der Waals surface area (Å²) in [5.41, 5.74) is -0.360. The molecule has 3 nitrogen and oxygen atoms in total. The van der Waals surface area contributed by atoms with Crippen molar-refractivity contribution in [3.63, 3.8) is 0 Å². The molecule has 1 aliphatic carbocycles. The normalized spacial score (nSPS) is 19.9. The van der Waals surface area contributed by atoms with Gasteiger partial charge >= 0.3 is 0 Å². The smallest absolute Gasteiger partial charge is 0.104 e. The van der Waals surface area contributed by atoms with Gasteiger partial charge in [0.05, 0.1) is 6.07 Å². The van der Waals surface area contributed by atoms with Crippen molar-refractivity contribution in [1.82, 2.24) is 10.2 Å². The average molecular weight is 209 g/mol. The van der Waals surface area contributed by atoms with Crippen LogP contribution in [0, 0.1) is 11.3 Å².